The Morgan fingerprint density at radius 1 is 1.27 bits per heavy atom. The van der Waals surface area contributed by atoms with Crippen molar-refractivity contribution in [3.05, 3.63) is 0 Å². The van der Waals surface area contributed by atoms with Gasteiger partial charge in [0.2, 0.25) is 0 Å². The minimum Gasteiger partial charge on any atom is -0.356 e. The molecule has 2 unspecified atom stereocenters. The van der Waals surface area contributed by atoms with Crippen LogP contribution >= 0.6 is 24.0 Å². The van der Waals surface area contributed by atoms with Crippen molar-refractivity contribution in [1.29, 1.82) is 0 Å². The summed E-state index contributed by atoms with van der Waals surface area (Å²) in [6.07, 6.45) is 6.46. The van der Waals surface area contributed by atoms with Crippen LogP contribution in [0, 0.1) is 11.8 Å². The molecule has 1 aliphatic rings. The number of aliphatic imine (C=N–C) groups is 1. The predicted octanol–water partition coefficient (Wildman–Crippen LogP) is 3.33. The molecule has 22 heavy (non-hydrogen) atoms. The topological polar surface area (TPSA) is 39.7 Å². The minimum absolute atomic E-state index is 0. The molecule has 0 radical (unpaired) electrons. The maximum Gasteiger partial charge on any atom is 0.191 e. The first kappa shape index (κ1) is 22.0. The Morgan fingerprint density at radius 3 is 2.59 bits per heavy atom. The molecule has 0 amide bonds. The number of nitrogens with zero attached hydrogens (tertiary/aromatic N) is 2. The van der Waals surface area contributed by atoms with Gasteiger partial charge in [0.15, 0.2) is 5.96 Å². The third-order valence-electron chi connectivity index (χ3n) is 4.31. The molecule has 0 aromatic carbocycles. The molecule has 0 saturated carbocycles. The number of likely N-dealkylation sites (tertiary alicyclic amines) is 1. The van der Waals surface area contributed by atoms with Crippen LogP contribution in [0.1, 0.15) is 52.9 Å². The molecule has 0 aromatic heterocycles. The molecule has 2 N–H and O–H groups in total. The van der Waals surface area contributed by atoms with E-state index in [2.05, 4.69) is 48.3 Å². The molecule has 1 saturated heterocycles. The van der Waals surface area contributed by atoms with Crippen molar-refractivity contribution in [2.75, 3.05) is 33.7 Å². The van der Waals surface area contributed by atoms with E-state index in [9.17, 15) is 0 Å². The lowest BCUT2D eigenvalue weighted by molar-refractivity contribution is 0.210. The van der Waals surface area contributed by atoms with E-state index >= 15 is 0 Å². The van der Waals surface area contributed by atoms with Crippen LogP contribution in [0.5, 0.6) is 0 Å². The van der Waals surface area contributed by atoms with Crippen LogP contribution in [0.15, 0.2) is 4.99 Å². The van der Waals surface area contributed by atoms with Crippen LogP contribution in [0.2, 0.25) is 0 Å². The van der Waals surface area contributed by atoms with Crippen molar-refractivity contribution in [3.63, 3.8) is 0 Å². The zero-order valence-corrected chi connectivity index (χ0v) is 17.5. The van der Waals surface area contributed by atoms with Gasteiger partial charge in [0.05, 0.1) is 0 Å². The van der Waals surface area contributed by atoms with Gasteiger partial charge in [-0.1, -0.05) is 26.7 Å². The average Bonchev–Trinajstić information content (AvgIpc) is 2.43. The van der Waals surface area contributed by atoms with Crippen molar-refractivity contribution >= 4 is 29.9 Å². The van der Waals surface area contributed by atoms with Crippen molar-refractivity contribution in [1.82, 2.24) is 15.5 Å². The first-order valence-corrected chi connectivity index (χ1v) is 8.67. The highest BCUT2D eigenvalue weighted by Gasteiger charge is 2.17. The maximum absolute atomic E-state index is 4.36. The molecular formula is C17H37IN4. The van der Waals surface area contributed by atoms with E-state index in [1.165, 1.54) is 45.2 Å². The van der Waals surface area contributed by atoms with Gasteiger partial charge in [-0.3, -0.25) is 4.99 Å². The van der Waals surface area contributed by atoms with E-state index in [-0.39, 0.29) is 24.0 Å². The summed E-state index contributed by atoms with van der Waals surface area (Å²) in [6, 6.07) is 0.490. The third-order valence-corrected chi connectivity index (χ3v) is 4.31. The standard InChI is InChI=1S/C17H36N4.HI/c1-14(2)8-6-9-15(3)20-17(18-4)19-12-16-10-7-11-21(5)13-16;/h14-16H,6-13H2,1-5H3,(H2,18,19,20);1H. The van der Waals surface area contributed by atoms with Gasteiger partial charge in [-0.15, -0.1) is 24.0 Å². The second-order valence-corrected chi connectivity index (χ2v) is 7.09. The van der Waals surface area contributed by atoms with Crippen LogP contribution in [-0.4, -0.2) is 50.6 Å². The minimum atomic E-state index is 0. The monoisotopic (exact) mass is 424 g/mol. The first-order valence-electron chi connectivity index (χ1n) is 8.67. The molecule has 0 spiro atoms. The Hall–Kier alpha value is -0.0400. The molecule has 2 atom stereocenters. The molecule has 1 aliphatic heterocycles. The Morgan fingerprint density at radius 2 is 2.00 bits per heavy atom. The van der Waals surface area contributed by atoms with Crippen LogP contribution in [-0.2, 0) is 0 Å². The van der Waals surface area contributed by atoms with Crippen LogP contribution in [0.3, 0.4) is 0 Å². The lowest BCUT2D eigenvalue weighted by atomic mass is 9.98. The molecule has 1 heterocycles. The molecule has 1 rings (SSSR count). The third kappa shape index (κ3) is 9.87. The highest BCUT2D eigenvalue weighted by atomic mass is 127. The molecular weight excluding hydrogens is 387 g/mol. The number of hydrogen-bond acceptors (Lipinski definition) is 2. The van der Waals surface area contributed by atoms with Gasteiger partial charge < -0.3 is 15.5 Å². The van der Waals surface area contributed by atoms with Crippen molar-refractivity contribution < 1.29 is 0 Å². The fourth-order valence-corrected chi connectivity index (χ4v) is 3.01. The molecule has 0 aromatic rings. The lowest BCUT2D eigenvalue weighted by Crippen LogP contribution is -2.46. The predicted molar refractivity (Wildman–Crippen MR) is 108 cm³/mol. The fraction of sp³-hybridized carbons (Fsp3) is 0.941. The summed E-state index contributed by atoms with van der Waals surface area (Å²) in [4.78, 5) is 6.79. The molecule has 4 nitrogen and oxygen atoms in total. The second-order valence-electron chi connectivity index (χ2n) is 7.09. The zero-order valence-electron chi connectivity index (χ0n) is 15.2. The van der Waals surface area contributed by atoms with E-state index in [0.29, 0.717) is 6.04 Å². The lowest BCUT2D eigenvalue weighted by Gasteiger charge is -2.30. The molecule has 0 aliphatic carbocycles. The Labute approximate surface area is 154 Å². The summed E-state index contributed by atoms with van der Waals surface area (Å²) in [5.41, 5.74) is 0. The van der Waals surface area contributed by atoms with E-state index in [1.807, 2.05) is 7.05 Å². The van der Waals surface area contributed by atoms with Crippen LogP contribution < -0.4 is 10.6 Å². The fourth-order valence-electron chi connectivity index (χ4n) is 3.01. The molecule has 1 fully saturated rings. The first-order chi connectivity index (χ1) is 10.0. The summed E-state index contributed by atoms with van der Waals surface area (Å²) in [5, 5.41) is 7.02. The number of guanidine groups is 1. The van der Waals surface area contributed by atoms with Gasteiger partial charge in [-0.05, 0) is 51.6 Å². The zero-order chi connectivity index (χ0) is 15.7. The van der Waals surface area contributed by atoms with Gasteiger partial charge in [0, 0.05) is 26.2 Å². The van der Waals surface area contributed by atoms with Crippen LogP contribution in [0.4, 0.5) is 0 Å². The molecule has 5 heteroatoms. The number of piperidine rings is 1. The summed E-state index contributed by atoms with van der Waals surface area (Å²) < 4.78 is 0. The smallest absolute Gasteiger partial charge is 0.191 e. The Kier molecular flexibility index (Phi) is 12.4. The van der Waals surface area contributed by atoms with Gasteiger partial charge in [-0.2, -0.15) is 0 Å². The second kappa shape index (κ2) is 12.4. The number of nitrogens with one attached hydrogen (secondary N) is 2. The maximum atomic E-state index is 4.36. The van der Waals surface area contributed by atoms with Crippen molar-refractivity contribution in [2.24, 2.45) is 16.8 Å². The number of rotatable bonds is 7. The Bertz CT molecular complexity index is 307. The van der Waals surface area contributed by atoms with Gasteiger partial charge in [0.1, 0.15) is 0 Å². The largest absolute Gasteiger partial charge is 0.356 e. The summed E-state index contributed by atoms with van der Waals surface area (Å²) in [6.45, 7) is 10.3. The summed E-state index contributed by atoms with van der Waals surface area (Å²) >= 11 is 0. The quantitative estimate of drug-likeness (QED) is 0.374. The van der Waals surface area contributed by atoms with E-state index < -0.39 is 0 Å². The highest BCUT2D eigenvalue weighted by molar-refractivity contribution is 14.0. The van der Waals surface area contributed by atoms with Crippen LogP contribution in [0.25, 0.3) is 0 Å². The average molecular weight is 424 g/mol. The normalized spacial score (nSPS) is 21.4. The molecule has 0 bridgehead atoms. The SMILES string of the molecule is CN=C(NCC1CCCN(C)C1)NC(C)CCCC(C)C.I. The van der Waals surface area contributed by atoms with E-state index in [1.54, 1.807) is 0 Å². The summed E-state index contributed by atoms with van der Waals surface area (Å²) in [7, 11) is 4.08. The van der Waals surface area contributed by atoms with Gasteiger partial charge in [-0.25, -0.2) is 0 Å². The molecule has 132 valence electrons. The van der Waals surface area contributed by atoms with Gasteiger partial charge in [0.25, 0.3) is 0 Å². The number of halogens is 1. The van der Waals surface area contributed by atoms with Gasteiger partial charge >= 0.3 is 0 Å². The van der Waals surface area contributed by atoms with E-state index in [4.69, 9.17) is 0 Å². The number of hydrogen-bond donors (Lipinski definition) is 2. The van der Waals surface area contributed by atoms with Crippen molar-refractivity contribution in [3.8, 4) is 0 Å². The van der Waals surface area contributed by atoms with E-state index in [0.717, 1.165) is 24.3 Å². The highest BCUT2D eigenvalue weighted by Crippen LogP contribution is 2.13. The summed E-state index contributed by atoms with van der Waals surface area (Å²) in [5.74, 6) is 2.51. The Balaban J connectivity index is 0.00000441. The van der Waals surface area contributed by atoms with Crippen molar-refractivity contribution in [2.45, 2.75) is 58.9 Å².